The highest BCUT2D eigenvalue weighted by atomic mass is 79.9. The first-order valence-corrected chi connectivity index (χ1v) is 6.56. The second-order valence-electron chi connectivity index (χ2n) is 3.69. The third-order valence-electron chi connectivity index (χ3n) is 2.19. The van der Waals surface area contributed by atoms with Crippen LogP contribution in [0, 0.1) is 0 Å². The molecule has 0 unspecified atom stereocenters. The molecule has 0 radical (unpaired) electrons. The van der Waals surface area contributed by atoms with E-state index in [-0.39, 0.29) is 5.91 Å². The Morgan fingerprint density at radius 2 is 2.00 bits per heavy atom. The molecule has 0 saturated carbocycles. The van der Waals surface area contributed by atoms with Crippen LogP contribution in [0.1, 0.15) is 6.42 Å². The Bertz CT molecular complexity index is 424. The van der Waals surface area contributed by atoms with E-state index in [4.69, 9.17) is 23.2 Å². The molecular formula is C11H13BrCl2N2O. The number of benzene rings is 1. The van der Waals surface area contributed by atoms with Gasteiger partial charge < -0.3 is 10.2 Å². The van der Waals surface area contributed by atoms with Crippen molar-refractivity contribution in [2.75, 3.05) is 26.0 Å². The van der Waals surface area contributed by atoms with Gasteiger partial charge in [-0.3, -0.25) is 4.79 Å². The molecule has 17 heavy (non-hydrogen) atoms. The zero-order chi connectivity index (χ0) is 13.0. The maximum atomic E-state index is 11.4. The minimum atomic E-state index is 0.0665. The van der Waals surface area contributed by atoms with Gasteiger partial charge in [0, 0.05) is 31.5 Å². The number of carbonyl (C=O) groups is 1. The van der Waals surface area contributed by atoms with Crippen LogP contribution in [0.25, 0.3) is 0 Å². The van der Waals surface area contributed by atoms with Crippen molar-refractivity contribution < 1.29 is 4.79 Å². The normalized spacial score (nSPS) is 10.2. The molecule has 1 rings (SSSR count). The average Bonchev–Trinajstić information content (AvgIpc) is 2.28. The summed E-state index contributed by atoms with van der Waals surface area (Å²) in [6, 6.07) is 3.63. The van der Waals surface area contributed by atoms with Crippen LogP contribution in [-0.2, 0) is 4.79 Å². The lowest BCUT2D eigenvalue weighted by Crippen LogP contribution is -2.23. The Morgan fingerprint density at radius 3 is 2.59 bits per heavy atom. The van der Waals surface area contributed by atoms with Crippen molar-refractivity contribution in [3.63, 3.8) is 0 Å². The quantitative estimate of drug-likeness (QED) is 0.849. The van der Waals surface area contributed by atoms with Gasteiger partial charge in [-0.25, -0.2) is 0 Å². The lowest BCUT2D eigenvalue weighted by atomic mass is 10.3. The van der Waals surface area contributed by atoms with Crippen LogP contribution in [0.2, 0.25) is 10.0 Å². The van der Waals surface area contributed by atoms with Crippen molar-refractivity contribution in [3.8, 4) is 0 Å². The SMILES string of the molecule is CN(C)C(=O)CCNc1ccc(Br)c(Cl)c1Cl. The summed E-state index contributed by atoms with van der Waals surface area (Å²) < 4.78 is 0.749. The van der Waals surface area contributed by atoms with Crippen molar-refractivity contribution in [1.82, 2.24) is 4.90 Å². The fourth-order valence-electron chi connectivity index (χ4n) is 1.19. The van der Waals surface area contributed by atoms with Gasteiger partial charge in [-0.15, -0.1) is 0 Å². The van der Waals surface area contributed by atoms with Crippen LogP contribution >= 0.6 is 39.1 Å². The summed E-state index contributed by atoms with van der Waals surface area (Å²) in [6.07, 6.45) is 0.414. The minimum absolute atomic E-state index is 0.0665. The largest absolute Gasteiger partial charge is 0.383 e. The molecule has 0 aromatic heterocycles. The number of nitrogens with zero attached hydrogens (tertiary/aromatic N) is 1. The van der Waals surface area contributed by atoms with Gasteiger partial charge in [-0.05, 0) is 28.1 Å². The maximum absolute atomic E-state index is 11.4. The Kier molecular flexibility index (Phi) is 5.56. The molecule has 0 saturated heterocycles. The van der Waals surface area contributed by atoms with E-state index >= 15 is 0 Å². The highest BCUT2D eigenvalue weighted by Gasteiger charge is 2.09. The third kappa shape index (κ3) is 4.05. The topological polar surface area (TPSA) is 32.3 Å². The van der Waals surface area contributed by atoms with E-state index in [9.17, 15) is 4.79 Å². The molecular weight excluding hydrogens is 327 g/mol. The molecule has 1 amide bonds. The fraction of sp³-hybridized carbons (Fsp3) is 0.364. The molecule has 1 N–H and O–H groups in total. The Morgan fingerprint density at radius 1 is 1.35 bits per heavy atom. The van der Waals surface area contributed by atoms with Gasteiger partial charge >= 0.3 is 0 Å². The van der Waals surface area contributed by atoms with Crippen LogP contribution < -0.4 is 5.32 Å². The molecule has 0 aliphatic carbocycles. The van der Waals surface area contributed by atoms with Crippen LogP contribution in [0.4, 0.5) is 5.69 Å². The molecule has 1 aromatic carbocycles. The van der Waals surface area contributed by atoms with Crippen molar-refractivity contribution in [2.45, 2.75) is 6.42 Å². The lowest BCUT2D eigenvalue weighted by Gasteiger charge is -2.12. The predicted molar refractivity (Wildman–Crippen MR) is 76.0 cm³/mol. The first-order valence-electron chi connectivity index (χ1n) is 5.01. The Hall–Kier alpha value is -0.450. The number of anilines is 1. The molecule has 94 valence electrons. The molecule has 0 fully saturated rings. The maximum Gasteiger partial charge on any atom is 0.223 e. The van der Waals surface area contributed by atoms with Gasteiger partial charge in [-0.2, -0.15) is 0 Å². The number of halogens is 3. The van der Waals surface area contributed by atoms with E-state index in [0.717, 1.165) is 10.2 Å². The number of hydrogen-bond acceptors (Lipinski definition) is 2. The molecule has 0 aliphatic rings. The van der Waals surface area contributed by atoms with E-state index in [0.29, 0.717) is 23.0 Å². The summed E-state index contributed by atoms with van der Waals surface area (Å²) in [7, 11) is 3.46. The van der Waals surface area contributed by atoms with E-state index in [2.05, 4.69) is 21.2 Å². The molecule has 6 heteroatoms. The number of hydrogen-bond donors (Lipinski definition) is 1. The number of rotatable bonds is 4. The fourth-order valence-corrected chi connectivity index (χ4v) is 2.03. The molecule has 0 spiro atoms. The molecule has 3 nitrogen and oxygen atoms in total. The van der Waals surface area contributed by atoms with Crippen LogP contribution in [0.5, 0.6) is 0 Å². The van der Waals surface area contributed by atoms with Gasteiger partial charge in [0.15, 0.2) is 0 Å². The molecule has 0 aliphatic heterocycles. The highest BCUT2D eigenvalue weighted by molar-refractivity contribution is 9.10. The number of nitrogens with one attached hydrogen (secondary N) is 1. The third-order valence-corrected chi connectivity index (χ3v) is 3.96. The molecule has 0 atom stereocenters. The minimum Gasteiger partial charge on any atom is -0.383 e. The van der Waals surface area contributed by atoms with Gasteiger partial charge in [0.25, 0.3) is 0 Å². The lowest BCUT2D eigenvalue weighted by molar-refractivity contribution is -0.128. The Labute approximate surface area is 119 Å². The molecule has 0 heterocycles. The number of amides is 1. The summed E-state index contributed by atoms with van der Waals surface area (Å²) in [5.74, 6) is 0.0665. The van der Waals surface area contributed by atoms with Crippen molar-refractivity contribution in [2.24, 2.45) is 0 Å². The van der Waals surface area contributed by atoms with Gasteiger partial charge in [0.1, 0.15) is 0 Å². The van der Waals surface area contributed by atoms with Crippen LogP contribution in [0.15, 0.2) is 16.6 Å². The second-order valence-corrected chi connectivity index (χ2v) is 5.30. The van der Waals surface area contributed by atoms with E-state index < -0.39 is 0 Å². The van der Waals surface area contributed by atoms with Gasteiger partial charge in [0.2, 0.25) is 5.91 Å². The van der Waals surface area contributed by atoms with Crippen molar-refractivity contribution in [3.05, 3.63) is 26.7 Å². The van der Waals surface area contributed by atoms with Crippen molar-refractivity contribution >= 4 is 50.7 Å². The number of carbonyl (C=O) groups excluding carboxylic acids is 1. The summed E-state index contributed by atoms with van der Waals surface area (Å²) in [4.78, 5) is 12.9. The highest BCUT2D eigenvalue weighted by Crippen LogP contribution is 2.35. The Balaban J connectivity index is 2.59. The van der Waals surface area contributed by atoms with Crippen LogP contribution in [0.3, 0.4) is 0 Å². The van der Waals surface area contributed by atoms with E-state index in [1.165, 1.54) is 0 Å². The van der Waals surface area contributed by atoms with E-state index in [1.807, 2.05) is 12.1 Å². The zero-order valence-electron chi connectivity index (χ0n) is 9.56. The van der Waals surface area contributed by atoms with Crippen LogP contribution in [-0.4, -0.2) is 31.4 Å². The smallest absolute Gasteiger partial charge is 0.223 e. The van der Waals surface area contributed by atoms with Crippen molar-refractivity contribution in [1.29, 1.82) is 0 Å². The summed E-state index contributed by atoms with van der Waals surface area (Å²) in [5.41, 5.74) is 0.728. The first-order chi connectivity index (χ1) is 7.93. The monoisotopic (exact) mass is 338 g/mol. The zero-order valence-corrected chi connectivity index (χ0v) is 12.7. The summed E-state index contributed by atoms with van der Waals surface area (Å²) >= 11 is 15.3. The van der Waals surface area contributed by atoms with Gasteiger partial charge in [-0.1, -0.05) is 23.2 Å². The standard InChI is InChI=1S/C11H13BrCl2N2O/c1-16(2)9(17)5-6-15-8-4-3-7(12)10(13)11(8)14/h3-4,15H,5-6H2,1-2H3. The molecule has 1 aromatic rings. The van der Waals surface area contributed by atoms with E-state index in [1.54, 1.807) is 19.0 Å². The predicted octanol–water partition coefficient (Wildman–Crippen LogP) is 3.65. The summed E-state index contributed by atoms with van der Waals surface area (Å²) in [6.45, 7) is 0.523. The molecule has 0 bridgehead atoms. The van der Waals surface area contributed by atoms with Gasteiger partial charge in [0.05, 0.1) is 15.7 Å². The second kappa shape index (κ2) is 6.47. The average molecular weight is 340 g/mol. The summed E-state index contributed by atoms with van der Waals surface area (Å²) in [5, 5.41) is 4.01. The first kappa shape index (κ1) is 14.6.